The normalized spacial score (nSPS) is 24.9. The molecule has 2 aliphatic heterocycles. The number of nitrogens with zero attached hydrogens (tertiary/aromatic N) is 4. The molecule has 1 saturated heterocycles. The molecule has 1 aromatic carbocycles. The second kappa shape index (κ2) is 7.81. The molecule has 0 spiro atoms. The standard InChI is InChI=1S/C21H32N4S/c1-16(2)18-7-9-20(10-8-18)26-25-15-17(3)22-21(25)24-13-11-23(12-14-24)19-5-4-6-19/h7-10,16-17,19H,4-6,11-15H2,1-3H3/t17-/m1/s1. The summed E-state index contributed by atoms with van der Waals surface area (Å²) in [4.78, 5) is 11.5. The number of aliphatic imine (C=N–C) groups is 1. The van der Waals surface area contributed by atoms with Crippen LogP contribution in [0.1, 0.15) is 51.5 Å². The molecule has 0 aromatic heterocycles. The molecule has 2 fully saturated rings. The summed E-state index contributed by atoms with van der Waals surface area (Å²) in [6.45, 7) is 12.4. The number of guanidine groups is 1. The summed E-state index contributed by atoms with van der Waals surface area (Å²) in [5.41, 5.74) is 1.41. The van der Waals surface area contributed by atoms with Crippen molar-refractivity contribution in [2.75, 3.05) is 32.7 Å². The van der Waals surface area contributed by atoms with Crippen LogP contribution < -0.4 is 0 Å². The Balaban J connectivity index is 1.38. The van der Waals surface area contributed by atoms with Gasteiger partial charge < -0.3 is 4.90 Å². The smallest absolute Gasteiger partial charge is 0.207 e. The van der Waals surface area contributed by atoms with E-state index in [9.17, 15) is 0 Å². The predicted octanol–water partition coefficient (Wildman–Crippen LogP) is 4.05. The Morgan fingerprint density at radius 2 is 1.73 bits per heavy atom. The van der Waals surface area contributed by atoms with Gasteiger partial charge in [-0.1, -0.05) is 32.4 Å². The first kappa shape index (κ1) is 18.2. The minimum absolute atomic E-state index is 0.386. The number of piperazine rings is 1. The van der Waals surface area contributed by atoms with Crippen molar-refractivity contribution in [1.29, 1.82) is 0 Å². The van der Waals surface area contributed by atoms with Gasteiger partial charge in [-0.15, -0.1) is 0 Å². The molecule has 1 atom stereocenters. The van der Waals surface area contributed by atoms with Crippen molar-refractivity contribution in [3.63, 3.8) is 0 Å². The van der Waals surface area contributed by atoms with Crippen LogP contribution >= 0.6 is 11.9 Å². The van der Waals surface area contributed by atoms with Crippen LogP contribution in [0.15, 0.2) is 34.2 Å². The van der Waals surface area contributed by atoms with Gasteiger partial charge in [-0.3, -0.25) is 9.21 Å². The predicted molar refractivity (Wildman–Crippen MR) is 111 cm³/mol. The van der Waals surface area contributed by atoms with Crippen molar-refractivity contribution in [3.05, 3.63) is 29.8 Å². The van der Waals surface area contributed by atoms with Gasteiger partial charge in [0.25, 0.3) is 0 Å². The first-order chi connectivity index (χ1) is 12.6. The zero-order valence-electron chi connectivity index (χ0n) is 16.4. The monoisotopic (exact) mass is 372 g/mol. The molecular weight excluding hydrogens is 340 g/mol. The van der Waals surface area contributed by atoms with Gasteiger partial charge in [0.15, 0.2) is 0 Å². The average molecular weight is 373 g/mol. The highest BCUT2D eigenvalue weighted by molar-refractivity contribution is 7.97. The molecule has 4 rings (SSSR count). The summed E-state index contributed by atoms with van der Waals surface area (Å²) in [5, 5.41) is 0. The molecule has 1 aromatic rings. The first-order valence-electron chi connectivity index (χ1n) is 10.2. The largest absolute Gasteiger partial charge is 0.340 e. The van der Waals surface area contributed by atoms with E-state index in [1.54, 1.807) is 0 Å². The summed E-state index contributed by atoms with van der Waals surface area (Å²) in [6.07, 6.45) is 4.24. The maximum absolute atomic E-state index is 4.97. The number of rotatable bonds is 4. The van der Waals surface area contributed by atoms with Crippen molar-refractivity contribution in [1.82, 2.24) is 14.1 Å². The fourth-order valence-corrected chi connectivity index (χ4v) is 5.07. The fraction of sp³-hybridized carbons (Fsp3) is 0.667. The van der Waals surface area contributed by atoms with Crippen LogP contribution in [0.5, 0.6) is 0 Å². The van der Waals surface area contributed by atoms with Crippen LogP contribution in [-0.4, -0.2) is 64.9 Å². The quantitative estimate of drug-likeness (QED) is 0.744. The Hall–Kier alpha value is -1.20. The van der Waals surface area contributed by atoms with Crippen molar-refractivity contribution < 1.29 is 0 Å². The second-order valence-corrected chi connectivity index (χ2v) is 9.36. The van der Waals surface area contributed by atoms with Gasteiger partial charge in [-0.25, -0.2) is 4.99 Å². The van der Waals surface area contributed by atoms with Crippen molar-refractivity contribution >= 4 is 17.9 Å². The maximum Gasteiger partial charge on any atom is 0.207 e. The lowest BCUT2D eigenvalue weighted by atomic mass is 9.91. The lowest BCUT2D eigenvalue weighted by Crippen LogP contribution is -2.55. The third-order valence-electron chi connectivity index (χ3n) is 5.94. The molecule has 2 heterocycles. The summed E-state index contributed by atoms with van der Waals surface area (Å²) < 4.78 is 2.41. The topological polar surface area (TPSA) is 22.1 Å². The zero-order chi connectivity index (χ0) is 18.1. The molecule has 0 N–H and O–H groups in total. The lowest BCUT2D eigenvalue weighted by molar-refractivity contribution is 0.0835. The molecule has 0 amide bonds. The summed E-state index contributed by atoms with van der Waals surface area (Å²) in [6, 6.07) is 10.3. The van der Waals surface area contributed by atoms with Crippen LogP contribution in [-0.2, 0) is 0 Å². The Bertz CT molecular complexity index is 630. The molecule has 5 heteroatoms. The van der Waals surface area contributed by atoms with Gasteiger partial charge in [0.1, 0.15) is 0 Å². The fourth-order valence-electron chi connectivity index (χ4n) is 4.02. The highest BCUT2D eigenvalue weighted by Gasteiger charge is 2.33. The Labute approximate surface area is 162 Å². The molecule has 0 bridgehead atoms. The maximum atomic E-state index is 4.97. The highest BCUT2D eigenvalue weighted by atomic mass is 32.2. The van der Waals surface area contributed by atoms with Gasteiger partial charge in [-0.2, -0.15) is 0 Å². The molecule has 142 valence electrons. The van der Waals surface area contributed by atoms with Crippen molar-refractivity contribution in [2.45, 2.75) is 62.9 Å². The molecule has 1 saturated carbocycles. The van der Waals surface area contributed by atoms with Crippen molar-refractivity contribution in [3.8, 4) is 0 Å². The van der Waals surface area contributed by atoms with E-state index in [-0.39, 0.29) is 0 Å². The molecule has 0 unspecified atom stereocenters. The van der Waals surface area contributed by atoms with E-state index >= 15 is 0 Å². The molecule has 1 aliphatic carbocycles. The Kier molecular flexibility index (Phi) is 5.46. The van der Waals surface area contributed by atoms with Crippen molar-refractivity contribution in [2.24, 2.45) is 4.99 Å². The van der Waals surface area contributed by atoms with E-state index in [4.69, 9.17) is 4.99 Å². The lowest BCUT2D eigenvalue weighted by Gasteiger charge is -2.44. The van der Waals surface area contributed by atoms with Gasteiger partial charge in [0, 0.05) is 37.1 Å². The molecule has 0 radical (unpaired) electrons. The van der Waals surface area contributed by atoms with E-state index in [0.29, 0.717) is 12.0 Å². The van der Waals surface area contributed by atoms with Gasteiger partial charge in [-0.05, 0) is 55.3 Å². The minimum Gasteiger partial charge on any atom is -0.340 e. The SMILES string of the molecule is CC(C)c1ccc(SN2C[C@@H](C)N=C2N2CCN(C3CCC3)CC2)cc1. The Morgan fingerprint density at radius 1 is 1.04 bits per heavy atom. The van der Waals surface area contributed by atoms with Crippen LogP contribution in [0.25, 0.3) is 0 Å². The van der Waals surface area contributed by atoms with Crippen LogP contribution in [0.4, 0.5) is 0 Å². The first-order valence-corrected chi connectivity index (χ1v) is 11.0. The van der Waals surface area contributed by atoms with Crippen LogP contribution in [0, 0.1) is 0 Å². The molecule has 26 heavy (non-hydrogen) atoms. The summed E-state index contributed by atoms with van der Waals surface area (Å²) in [7, 11) is 0. The van der Waals surface area contributed by atoms with E-state index < -0.39 is 0 Å². The van der Waals surface area contributed by atoms with Crippen LogP contribution in [0.3, 0.4) is 0 Å². The summed E-state index contributed by atoms with van der Waals surface area (Å²) >= 11 is 1.85. The number of benzene rings is 1. The van der Waals surface area contributed by atoms with E-state index in [0.717, 1.165) is 25.7 Å². The van der Waals surface area contributed by atoms with Gasteiger partial charge in [0.2, 0.25) is 5.96 Å². The van der Waals surface area contributed by atoms with E-state index in [1.807, 2.05) is 11.9 Å². The third kappa shape index (κ3) is 3.89. The molecular formula is C21H32N4S. The van der Waals surface area contributed by atoms with E-state index in [2.05, 4.69) is 59.1 Å². The van der Waals surface area contributed by atoms with E-state index in [1.165, 1.54) is 48.8 Å². The van der Waals surface area contributed by atoms with Gasteiger partial charge >= 0.3 is 0 Å². The zero-order valence-corrected chi connectivity index (χ0v) is 17.2. The summed E-state index contributed by atoms with van der Waals surface area (Å²) in [5.74, 6) is 1.79. The second-order valence-electron chi connectivity index (χ2n) is 8.26. The Morgan fingerprint density at radius 3 is 2.31 bits per heavy atom. The number of hydrogen-bond donors (Lipinski definition) is 0. The van der Waals surface area contributed by atoms with Crippen LogP contribution in [0.2, 0.25) is 0 Å². The average Bonchev–Trinajstić information content (AvgIpc) is 2.95. The minimum atomic E-state index is 0.386. The molecule has 3 aliphatic rings. The number of hydrogen-bond acceptors (Lipinski definition) is 5. The highest BCUT2D eigenvalue weighted by Crippen LogP contribution is 2.30. The molecule has 4 nitrogen and oxygen atoms in total. The van der Waals surface area contributed by atoms with Gasteiger partial charge in [0.05, 0.1) is 12.6 Å². The third-order valence-corrected chi connectivity index (χ3v) is 6.96.